The zero-order chi connectivity index (χ0) is 31.3. The smallest absolute Gasteiger partial charge is 0.330 e. The van der Waals surface area contributed by atoms with Crippen LogP contribution in [-0.4, -0.2) is 18.5 Å². The summed E-state index contributed by atoms with van der Waals surface area (Å²) in [4.78, 5) is 22.6. The van der Waals surface area contributed by atoms with Gasteiger partial charge in [-0.15, -0.1) is 0 Å². The first-order valence-electron chi connectivity index (χ1n) is 15.0. The summed E-state index contributed by atoms with van der Waals surface area (Å²) < 4.78 is 11.5. The maximum Gasteiger partial charge on any atom is 0.330 e. The van der Waals surface area contributed by atoms with Gasteiger partial charge in [-0.25, -0.2) is 9.59 Å². The highest BCUT2D eigenvalue weighted by Gasteiger charge is 2.37. The van der Waals surface area contributed by atoms with Crippen molar-refractivity contribution in [2.45, 2.75) is 51.6 Å². The Kier molecular flexibility index (Phi) is 9.84. The zero-order valence-electron chi connectivity index (χ0n) is 25.3. The number of rotatable bonds is 12. The summed E-state index contributed by atoms with van der Waals surface area (Å²) in [6.07, 6.45) is 6.34. The molecule has 0 N–H and O–H groups in total. The van der Waals surface area contributed by atoms with Crippen LogP contribution in [0.4, 0.5) is 0 Å². The van der Waals surface area contributed by atoms with Crippen molar-refractivity contribution in [3.63, 3.8) is 0 Å². The maximum atomic E-state index is 11.4. The number of esters is 2. The van der Waals surface area contributed by atoms with E-state index in [0.717, 1.165) is 36.8 Å². The highest BCUT2D eigenvalue weighted by molar-refractivity contribution is 14.1. The second-order valence-electron chi connectivity index (χ2n) is 11.7. The number of carbonyl (C=O) groups is 2. The van der Waals surface area contributed by atoms with Gasteiger partial charge in [-0.2, -0.15) is 0 Å². The Morgan fingerprint density at radius 3 is 1.98 bits per heavy atom. The average molecular weight is 697 g/mol. The number of hydrogen-bond acceptors (Lipinski definition) is 4. The van der Waals surface area contributed by atoms with E-state index >= 15 is 0 Å². The lowest BCUT2D eigenvalue weighted by Crippen LogP contribution is -2.15. The lowest BCUT2D eigenvalue weighted by atomic mass is 9.81. The number of carbonyl (C=O) groups excluding carboxylic acids is 2. The van der Waals surface area contributed by atoms with E-state index in [9.17, 15) is 9.59 Å². The van der Waals surface area contributed by atoms with Crippen LogP contribution in [0, 0.1) is 3.57 Å². The molecule has 0 unspecified atom stereocenters. The third-order valence-electron chi connectivity index (χ3n) is 8.37. The van der Waals surface area contributed by atoms with Gasteiger partial charge in [0.1, 0.15) is 6.61 Å². The highest BCUT2D eigenvalue weighted by atomic mass is 127. The van der Waals surface area contributed by atoms with Crippen LogP contribution >= 0.6 is 22.6 Å². The fraction of sp³-hybridized carbons (Fsp3) is 0.231. The van der Waals surface area contributed by atoms with E-state index in [2.05, 4.69) is 116 Å². The Morgan fingerprint density at radius 1 is 0.705 bits per heavy atom. The minimum Gasteiger partial charge on any atom is -0.463 e. The molecule has 0 fully saturated rings. The molecule has 1 aliphatic carbocycles. The third kappa shape index (κ3) is 6.88. The average Bonchev–Trinajstić information content (AvgIpc) is 3.27. The van der Waals surface area contributed by atoms with Crippen molar-refractivity contribution in [2.75, 3.05) is 6.61 Å². The predicted octanol–water partition coefficient (Wildman–Crippen LogP) is 9.60. The monoisotopic (exact) mass is 696 g/mol. The molecule has 224 valence electrons. The number of benzene rings is 4. The number of hydrogen-bond donors (Lipinski definition) is 0. The second-order valence-corrected chi connectivity index (χ2v) is 12.8. The number of unbranched alkanes of at least 4 members (excludes halogenated alkanes) is 2. The van der Waals surface area contributed by atoms with E-state index in [1.165, 1.54) is 60.2 Å². The zero-order valence-corrected chi connectivity index (χ0v) is 27.5. The molecule has 4 aromatic carbocycles. The van der Waals surface area contributed by atoms with Crippen LogP contribution in [0.5, 0.6) is 0 Å². The Labute approximate surface area is 274 Å². The van der Waals surface area contributed by atoms with E-state index in [1.54, 1.807) is 0 Å². The molecule has 0 spiro atoms. The van der Waals surface area contributed by atoms with Crippen molar-refractivity contribution in [2.24, 2.45) is 0 Å². The van der Waals surface area contributed by atoms with Gasteiger partial charge in [0.25, 0.3) is 0 Å². The summed E-state index contributed by atoms with van der Waals surface area (Å²) in [6, 6.07) is 28.6. The van der Waals surface area contributed by atoms with Crippen molar-refractivity contribution in [3.05, 3.63) is 130 Å². The summed E-state index contributed by atoms with van der Waals surface area (Å²) >= 11 is 2.48. The maximum absolute atomic E-state index is 11.4. The molecular formula is C39H37IO4. The van der Waals surface area contributed by atoms with Gasteiger partial charge < -0.3 is 9.47 Å². The fourth-order valence-corrected chi connectivity index (χ4v) is 6.77. The first-order chi connectivity index (χ1) is 21.2. The third-order valence-corrected chi connectivity index (χ3v) is 9.22. The van der Waals surface area contributed by atoms with Crippen molar-refractivity contribution >= 4 is 34.5 Å². The second kappa shape index (κ2) is 13.8. The molecule has 0 bridgehead atoms. The van der Waals surface area contributed by atoms with Gasteiger partial charge in [-0.3, -0.25) is 0 Å². The standard InChI is InChI=1S/C39H37IO4/c1-5-36(41)43-21-9-7-8-10-26-11-15-28(16-12-26)30-19-20-32-33(22-30)39(3,4)34-23-31(24-35(40)38(32)34)29-17-13-27(14-18-29)25-44-37(42)6-2/h5-6,11-20,22-24H,1-2,7-10,21,25H2,3-4H3. The fourth-order valence-electron chi connectivity index (χ4n) is 5.85. The summed E-state index contributed by atoms with van der Waals surface area (Å²) in [7, 11) is 0. The molecule has 5 heteroatoms. The van der Waals surface area contributed by atoms with Gasteiger partial charge >= 0.3 is 11.9 Å². The van der Waals surface area contributed by atoms with E-state index in [4.69, 9.17) is 9.47 Å². The molecule has 0 saturated carbocycles. The Bertz CT molecular complexity index is 1700. The Balaban J connectivity index is 1.30. The van der Waals surface area contributed by atoms with Crippen LogP contribution in [0.15, 0.2) is 104 Å². The quantitative estimate of drug-likeness (QED) is 0.0641. The number of halogens is 1. The Hall–Kier alpha value is -3.97. The van der Waals surface area contributed by atoms with Crippen LogP contribution in [0.25, 0.3) is 33.4 Å². The summed E-state index contributed by atoms with van der Waals surface area (Å²) in [5.74, 6) is -0.772. The van der Waals surface area contributed by atoms with Gasteiger partial charge in [0, 0.05) is 21.1 Å². The molecule has 0 radical (unpaired) electrons. The predicted molar refractivity (Wildman–Crippen MR) is 186 cm³/mol. The van der Waals surface area contributed by atoms with Crippen LogP contribution in [-0.2, 0) is 37.5 Å². The highest BCUT2D eigenvalue weighted by Crippen LogP contribution is 2.52. The lowest BCUT2D eigenvalue weighted by molar-refractivity contribution is -0.139. The van der Waals surface area contributed by atoms with Gasteiger partial charge in [0.05, 0.1) is 6.61 Å². The summed E-state index contributed by atoms with van der Waals surface area (Å²) in [5, 5.41) is 0. The molecule has 4 aromatic rings. The lowest BCUT2D eigenvalue weighted by Gasteiger charge is -2.23. The van der Waals surface area contributed by atoms with Crippen LogP contribution < -0.4 is 0 Å². The molecule has 0 aromatic heterocycles. The van der Waals surface area contributed by atoms with Crippen molar-refractivity contribution < 1.29 is 19.1 Å². The summed E-state index contributed by atoms with van der Waals surface area (Å²) in [5.41, 5.74) is 12.2. The molecule has 0 amide bonds. The Morgan fingerprint density at radius 2 is 1.30 bits per heavy atom. The SMILES string of the molecule is C=CC(=O)OCCCCCc1ccc(-c2ccc3c(c2)C(C)(C)c2cc(-c4ccc(COC(=O)C=C)cc4)cc(I)c2-3)cc1. The number of ether oxygens (including phenoxy) is 2. The molecular weight excluding hydrogens is 659 g/mol. The van der Waals surface area contributed by atoms with E-state index in [0.29, 0.717) is 6.61 Å². The molecule has 4 nitrogen and oxygen atoms in total. The van der Waals surface area contributed by atoms with E-state index in [-0.39, 0.29) is 18.0 Å². The topological polar surface area (TPSA) is 52.6 Å². The van der Waals surface area contributed by atoms with Gasteiger partial charge in [0.15, 0.2) is 0 Å². The molecule has 5 rings (SSSR count). The van der Waals surface area contributed by atoms with Crippen LogP contribution in [0.3, 0.4) is 0 Å². The van der Waals surface area contributed by atoms with Crippen LogP contribution in [0.2, 0.25) is 0 Å². The first-order valence-corrected chi connectivity index (χ1v) is 16.0. The van der Waals surface area contributed by atoms with Gasteiger partial charge in [0.2, 0.25) is 0 Å². The molecule has 1 aliphatic rings. The van der Waals surface area contributed by atoms with Crippen molar-refractivity contribution in [1.82, 2.24) is 0 Å². The van der Waals surface area contributed by atoms with Gasteiger partial charge in [-0.05, 0) is 122 Å². The first kappa shape index (κ1) is 31.5. The van der Waals surface area contributed by atoms with Crippen molar-refractivity contribution in [3.8, 4) is 33.4 Å². The minimum atomic E-state index is -0.418. The molecule has 0 atom stereocenters. The number of fused-ring (bicyclic) bond motifs is 3. The number of aryl methyl sites for hydroxylation is 1. The largest absolute Gasteiger partial charge is 0.463 e. The molecule has 0 heterocycles. The normalized spacial score (nSPS) is 12.6. The van der Waals surface area contributed by atoms with Gasteiger partial charge in [-0.1, -0.05) is 87.7 Å². The van der Waals surface area contributed by atoms with Crippen LogP contribution in [0.1, 0.15) is 55.4 Å². The molecule has 44 heavy (non-hydrogen) atoms. The van der Waals surface area contributed by atoms with Crippen molar-refractivity contribution in [1.29, 1.82) is 0 Å². The summed E-state index contributed by atoms with van der Waals surface area (Å²) in [6.45, 7) is 12.2. The van der Waals surface area contributed by atoms with E-state index in [1.807, 2.05) is 12.1 Å². The minimum absolute atomic E-state index is 0.143. The molecule has 0 saturated heterocycles. The van der Waals surface area contributed by atoms with E-state index < -0.39 is 5.97 Å². The molecule has 0 aliphatic heterocycles.